The molecule has 20 heavy (non-hydrogen) atoms. The van der Waals surface area contributed by atoms with E-state index in [4.69, 9.17) is 5.11 Å². The summed E-state index contributed by atoms with van der Waals surface area (Å²) in [6.07, 6.45) is 2.07. The average molecular weight is 382 g/mol. The van der Waals surface area contributed by atoms with E-state index in [2.05, 4.69) is 20.7 Å². The maximum Gasteiger partial charge on any atom is 0.321 e. The van der Waals surface area contributed by atoms with Crippen LogP contribution < -0.4 is 4.72 Å². The molecule has 112 valence electrons. The van der Waals surface area contributed by atoms with Crippen LogP contribution in [0.15, 0.2) is 27.6 Å². The number of hydrogen-bond acceptors (Lipinski definition) is 4. The van der Waals surface area contributed by atoms with E-state index in [0.29, 0.717) is 10.2 Å². The van der Waals surface area contributed by atoms with E-state index in [0.717, 1.165) is 5.56 Å². The zero-order valence-corrected chi connectivity index (χ0v) is 14.3. The van der Waals surface area contributed by atoms with Crippen LogP contribution in [0.2, 0.25) is 0 Å². The van der Waals surface area contributed by atoms with Crippen LogP contribution in [0.5, 0.6) is 0 Å². The van der Waals surface area contributed by atoms with Crippen LogP contribution in [0.4, 0.5) is 0 Å². The van der Waals surface area contributed by atoms with Gasteiger partial charge in [0.2, 0.25) is 10.0 Å². The molecule has 0 saturated carbocycles. The highest BCUT2D eigenvalue weighted by molar-refractivity contribution is 9.10. The van der Waals surface area contributed by atoms with Gasteiger partial charge in [0.05, 0.1) is 4.90 Å². The van der Waals surface area contributed by atoms with Gasteiger partial charge in [-0.2, -0.15) is 16.5 Å². The van der Waals surface area contributed by atoms with Crippen molar-refractivity contribution in [3.8, 4) is 0 Å². The Bertz CT molecular complexity index is 589. The van der Waals surface area contributed by atoms with Gasteiger partial charge in [0, 0.05) is 4.47 Å². The molecule has 5 nitrogen and oxygen atoms in total. The van der Waals surface area contributed by atoms with Crippen molar-refractivity contribution < 1.29 is 18.3 Å². The third-order valence-electron chi connectivity index (χ3n) is 2.58. The van der Waals surface area contributed by atoms with Crippen LogP contribution >= 0.6 is 27.7 Å². The van der Waals surface area contributed by atoms with E-state index in [1.54, 1.807) is 12.1 Å². The molecule has 1 aromatic carbocycles. The van der Waals surface area contributed by atoms with Gasteiger partial charge in [0.15, 0.2) is 0 Å². The van der Waals surface area contributed by atoms with Gasteiger partial charge in [0.1, 0.15) is 6.04 Å². The second-order valence-corrected chi connectivity index (χ2v) is 7.75. The Kier molecular flexibility index (Phi) is 6.50. The van der Waals surface area contributed by atoms with Gasteiger partial charge in [0.25, 0.3) is 0 Å². The zero-order chi connectivity index (χ0) is 15.3. The van der Waals surface area contributed by atoms with E-state index in [1.165, 1.54) is 17.8 Å². The van der Waals surface area contributed by atoms with E-state index in [1.807, 2.05) is 13.2 Å². The van der Waals surface area contributed by atoms with Crippen LogP contribution in [0.1, 0.15) is 12.0 Å². The molecule has 1 rings (SSSR count). The molecule has 8 heteroatoms. The number of rotatable bonds is 7. The number of aliphatic carboxylic acids is 1. The minimum absolute atomic E-state index is 0.0403. The minimum Gasteiger partial charge on any atom is -0.480 e. The number of hydrogen-bond donors (Lipinski definition) is 2. The number of thioether (sulfide) groups is 1. The van der Waals surface area contributed by atoms with Crippen LogP contribution in [0.25, 0.3) is 0 Å². The zero-order valence-electron chi connectivity index (χ0n) is 11.1. The van der Waals surface area contributed by atoms with Crippen LogP contribution in [-0.4, -0.2) is 37.5 Å². The topological polar surface area (TPSA) is 83.5 Å². The molecule has 0 aliphatic rings. The van der Waals surface area contributed by atoms with Crippen molar-refractivity contribution in [1.82, 2.24) is 4.72 Å². The Hall–Kier alpha value is -0.570. The Morgan fingerprint density at radius 2 is 2.15 bits per heavy atom. The van der Waals surface area contributed by atoms with Gasteiger partial charge in [-0.1, -0.05) is 6.07 Å². The molecule has 1 unspecified atom stereocenters. The normalized spacial score (nSPS) is 13.2. The third-order valence-corrected chi connectivity index (χ3v) is 5.68. The molecule has 0 bridgehead atoms. The number of carboxylic acids is 1. The highest BCUT2D eigenvalue weighted by Crippen LogP contribution is 2.23. The summed E-state index contributed by atoms with van der Waals surface area (Å²) in [7, 11) is -3.87. The molecule has 0 saturated heterocycles. The molecule has 0 spiro atoms. The number of aryl methyl sites for hydroxylation is 1. The van der Waals surface area contributed by atoms with Crippen molar-refractivity contribution >= 4 is 43.7 Å². The Labute approximate surface area is 131 Å². The monoisotopic (exact) mass is 381 g/mol. The smallest absolute Gasteiger partial charge is 0.321 e. The van der Waals surface area contributed by atoms with Gasteiger partial charge >= 0.3 is 5.97 Å². The van der Waals surface area contributed by atoms with E-state index >= 15 is 0 Å². The molecule has 0 aliphatic carbocycles. The van der Waals surface area contributed by atoms with Crippen molar-refractivity contribution in [2.24, 2.45) is 0 Å². The van der Waals surface area contributed by atoms with Gasteiger partial charge in [-0.15, -0.1) is 0 Å². The van der Waals surface area contributed by atoms with E-state index < -0.39 is 22.0 Å². The second-order valence-electron chi connectivity index (χ2n) is 4.23. The number of halogens is 1. The lowest BCUT2D eigenvalue weighted by molar-refractivity contribution is -0.139. The van der Waals surface area contributed by atoms with Gasteiger partial charge in [-0.3, -0.25) is 4.79 Å². The molecule has 1 aromatic rings. The Morgan fingerprint density at radius 1 is 1.50 bits per heavy atom. The summed E-state index contributed by atoms with van der Waals surface area (Å²) in [5.41, 5.74) is 0.910. The largest absolute Gasteiger partial charge is 0.480 e. The number of benzene rings is 1. The minimum atomic E-state index is -3.87. The third kappa shape index (κ3) is 4.76. The first-order valence-corrected chi connectivity index (χ1v) is 9.45. The number of sulfonamides is 1. The Morgan fingerprint density at radius 3 is 2.65 bits per heavy atom. The van der Waals surface area contributed by atoms with Crippen molar-refractivity contribution in [1.29, 1.82) is 0 Å². The highest BCUT2D eigenvalue weighted by Gasteiger charge is 2.26. The molecule has 0 heterocycles. The SMILES string of the molecule is CSCCC(NS(=O)(=O)c1ccc(C)cc1Br)C(=O)O. The molecule has 0 aliphatic heterocycles. The first-order chi connectivity index (χ1) is 9.27. The van der Waals surface area contributed by atoms with Gasteiger partial charge < -0.3 is 5.11 Å². The molecule has 2 N–H and O–H groups in total. The van der Waals surface area contributed by atoms with Crippen LogP contribution in [0, 0.1) is 6.92 Å². The maximum atomic E-state index is 12.2. The predicted molar refractivity (Wildman–Crippen MR) is 83.6 cm³/mol. The molecule has 0 amide bonds. The maximum absolute atomic E-state index is 12.2. The quantitative estimate of drug-likeness (QED) is 0.756. The summed E-state index contributed by atoms with van der Waals surface area (Å²) >= 11 is 4.66. The fraction of sp³-hybridized carbons (Fsp3) is 0.417. The summed E-state index contributed by atoms with van der Waals surface area (Å²) in [6, 6.07) is 3.67. The first kappa shape index (κ1) is 17.5. The molecule has 1 atom stereocenters. The van der Waals surface area contributed by atoms with Gasteiger partial charge in [-0.05, 0) is 59.0 Å². The number of carbonyl (C=O) groups is 1. The molecule has 0 radical (unpaired) electrons. The summed E-state index contributed by atoms with van der Waals surface area (Å²) in [5, 5.41) is 9.08. The number of nitrogens with one attached hydrogen (secondary N) is 1. The van der Waals surface area contributed by atoms with E-state index in [9.17, 15) is 13.2 Å². The summed E-state index contributed by atoms with van der Waals surface area (Å²) in [4.78, 5) is 11.1. The van der Waals surface area contributed by atoms with Crippen molar-refractivity contribution in [2.45, 2.75) is 24.3 Å². The fourth-order valence-corrected chi connectivity index (χ4v) is 4.43. The number of carboxylic acid groups (broad SMARTS) is 1. The molecular formula is C12H16BrNO4S2. The lowest BCUT2D eigenvalue weighted by Gasteiger charge is -2.15. The van der Waals surface area contributed by atoms with Crippen molar-refractivity contribution in [3.63, 3.8) is 0 Å². The van der Waals surface area contributed by atoms with Gasteiger partial charge in [-0.25, -0.2) is 8.42 Å². The lowest BCUT2D eigenvalue weighted by Crippen LogP contribution is -2.41. The summed E-state index contributed by atoms with van der Waals surface area (Å²) < 4.78 is 27.1. The fourth-order valence-electron chi connectivity index (χ4n) is 1.54. The predicted octanol–water partition coefficient (Wildman–Crippen LogP) is 2.24. The second kappa shape index (κ2) is 7.44. The van der Waals surface area contributed by atoms with Crippen molar-refractivity contribution in [3.05, 3.63) is 28.2 Å². The highest BCUT2D eigenvalue weighted by atomic mass is 79.9. The van der Waals surface area contributed by atoms with Crippen molar-refractivity contribution in [2.75, 3.05) is 12.0 Å². The molecule has 0 fully saturated rings. The van der Waals surface area contributed by atoms with E-state index in [-0.39, 0.29) is 11.3 Å². The summed E-state index contributed by atoms with van der Waals surface area (Å²) in [6.45, 7) is 1.84. The first-order valence-electron chi connectivity index (χ1n) is 5.78. The molecular weight excluding hydrogens is 366 g/mol. The average Bonchev–Trinajstić information content (AvgIpc) is 2.33. The van der Waals surface area contributed by atoms with Crippen LogP contribution in [0.3, 0.4) is 0 Å². The summed E-state index contributed by atoms with van der Waals surface area (Å²) in [5.74, 6) is -0.611. The molecule has 0 aromatic heterocycles. The standard InChI is InChI=1S/C12H16BrNO4S2/c1-8-3-4-11(9(13)7-8)20(17,18)14-10(12(15)16)5-6-19-2/h3-4,7,10,14H,5-6H2,1-2H3,(H,15,16). The Balaban J connectivity index is 3.00. The van der Waals surface area contributed by atoms with Crippen LogP contribution in [-0.2, 0) is 14.8 Å². The lowest BCUT2D eigenvalue weighted by atomic mass is 10.2.